The number of aliphatic hydroxyl groups is 1. The van der Waals surface area contributed by atoms with Crippen molar-refractivity contribution < 1.29 is 40.7 Å². The van der Waals surface area contributed by atoms with Crippen LogP contribution in [0.4, 0.5) is 0 Å². The Bertz CT molecular complexity index is 1100. The summed E-state index contributed by atoms with van der Waals surface area (Å²) in [5.74, 6) is 0.131. The van der Waals surface area contributed by atoms with E-state index in [9.17, 15) is 14.7 Å². The highest BCUT2D eigenvalue weighted by Gasteiger charge is 2.49. The topological polar surface area (TPSA) is 72.8 Å². The van der Waals surface area contributed by atoms with Crippen LogP contribution in [-0.2, 0) is 31.7 Å². The Morgan fingerprint density at radius 1 is 1.02 bits per heavy atom. The Kier molecular flexibility index (Phi) is 19.5. The molecule has 48 heavy (non-hydrogen) atoms. The second kappa shape index (κ2) is 21.0. The molecule has 1 aromatic rings. The lowest BCUT2D eigenvalue weighted by atomic mass is 9.87. The van der Waals surface area contributed by atoms with Gasteiger partial charge < -0.3 is 31.2 Å². The molecule has 0 bridgehead atoms. The Morgan fingerprint density at radius 2 is 1.62 bits per heavy atom. The Balaban J connectivity index is 0.0000115. The fourth-order valence-corrected chi connectivity index (χ4v) is 12.1. The molecular weight excluding hydrogens is 638 g/mol. The van der Waals surface area contributed by atoms with Crippen molar-refractivity contribution in [1.29, 1.82) is 0 Å². The van der Waals surface area contributed by atoms with Gasteiger partial charge in [-0.15, -0.1) is 0 Å². The van der Waals surface area contributed by atoms with E-state index < -0.39 is 13.9 Å². The van der Waals surface area contributed by atoms with Gasteiger partial charge in [0.1, 0.15) is 12.3 Å². The first-order chi connectivity index (χ1) is 22.0. The number of unbranched alkanes of at least 4 members (excludes halogenated alkanes) is 4. The molecular formula is C40H70ClNO5Si. The van der Waals surface area contributed by atoms with E-state index in [0.717, 1.165) is 74.9 Å². The molecule has 1 aliphatic rings. The number of carbonyl (C=O) groups excluding carboxylic acids is 2. The molecule has 1 aliphatic carbocycles. The van der Waals surface area contributed by atoms with Crippen molar-refractivity contribution in [2.24, 2.45) is 11.8 Å². The molecule has 1 N–H and O–H groups in total. The minimum absolute atomic E-state index is 0. The predicted molar refractivity (Wildman–Crippen MR) is 198 cm³/mol. The van der Waals surface area contributed by atoms with Crippen LogP contribution < -0.4 is 12.4 Å². The highest BCUT2D eigenvalue weighted by atomic mass is 35.5. The maximum atomic E-state index is 13.7. The number of hydrogen-bond donors (Lipinski definition) is 1. The molecule has 4 atom stereocenters. The average molecular weight is 709 g/mol. The van der Waals surface area contributed by atoms with Crippen molar-refractivity contribution in [3.05, 3.63) is 47.5 Å². The number of rotatable bonds is 22. The smallest absolute Gasteiger partial charge is 0.305 e. The van der Waals surface area contributed by atoms with Gasteiger partial charge in [-0.2, -0.15) is 0 Å². The predicted octanol–water partition coefficient (Wildman–Crippen LogP) is 6.20. The molecule has 6 nitrogen and oxygen atoms in total. The van der Waals surface area contributed by atoms with E-state index in [1.165, 1.54) is 18.2 Å². The molecule has 0 spiro atoms. The van der Waals surface area contributed by atoms with Crippen molar-refractivity contribution in [3.63, 3.8) is 0 Å². The van der Waals surface area contributed by atoms with Gasteiger partial charge >= 0.3 is 5.97 Å². The van der Waals surface area contributed by atoms with Crippen LogP contribution in [0, 0.1) is 11.8 Å². The first-order valence-electron chi connectivity index (χ1n) is 18.6. The quantitative estimate of drug-likeness (QED) is 0.0512. The van der Waals surface area contributed by atoms with Gasteiger partial charge in [0.2, 0.25) is 0 Å². The Hall–Kier alpha value is -1.51. The zero-order valence-electron chi connectivity index (χ0n) is 32.2. The first kappa shape index (κ1) is 44.5. The van der Waals surface area contributed by atoms with Crippen LogP contribution in [-0.4, -0.2) is 69.6 Å². The number of methoxy groups -OCH3 is 1. The summed E-state index contributed by atoms with van der Waals surface area (Å²) in [5.41, 5.74) is 2.81. The van der Waals surface area contributed by atoms with Crippen molar-refractivity contribution in [1.82, 2.24) is 0 Å². The van der Waals surface area contributed by atoms with E-state index in [0.29, 0.717) is 36.1 Å². The fraction of sp³-hybridized carbons (Fsp3) is 0.750. The minimum Gasteiger partial charge on any atom is -1.00 e. The van der Waals surface area contributed by atoms with Gasteiger partial charge in [0.25, 0.3) is 0 Å². The third kappa shape index (κ3) is 14.8. The molecule has 1 saturated carbocycles. The van der Waals surface area contributed by atoms with Crippen molar-refractivity contribution >= 4 is 20.1 Å². The Labute approximate surface area is 301 Å². The summed E-state index contributed by atoms with van der Waals surface area (Å²) in [4.78, 5) is 25.2. The van der Waals surface area contributed by atoms with Crippen LogP contribution in [0.5, 0.6) is 0 Å². The summed E-state index contributed by atoms with van der Waals surface area (Å²) >= 11 is 0. The maximum Gasteiger partial charge on any atom is 0.305 e. The largest absolute Gasteiger partial charge is 1.00 e. The van der Waals surface area contributed by atoms with E-state index in [-0.39, 0.29) is 36.3 Å². The van der Waals surface area contributed by atoms with Crippen molar-refractivity contribution in [2.45, 2.75) is 154 Å². The molecule has 0 amide bonds. The van der Waals surface area contributed by atoms with Gasteiger partial charge in [0.15, 0.2) is 8.32 Å². The molecule has 0 saturated heterocycles. The number of halogens is 1. The number of Topliss-reactive ketones (excluding diaryl/α,β-unsaturated/α-hetero) is 1. The van der Waals surface area contributed by atoms with Gasteiger partial charge in [0, 0.05) is 30.2 Å². The number of carbonyl (C=O) groups is 2. The van der Waals surface area contributed by atoms with Crippen molar-refractivity contribution in [2.75, 3.05) is 28.3 Å². The maximum absolute atomic E-state index is 13.7. The lowest BCUT2D eigenvalue weighted by Gasteiger charge is -2.42. The van der Waals surface area contributed by atoms with Crippen LogP contribution in [0.1, 0.15) is 123 Å². The summed E-state index contributed by atoms with van der Waals surface area (Å²) in [7, 11) is 5.81. The van der Waals surface area contributed by atoms with E-state index in [2.05, 4.69) is 92.2 Å². The molecule has 1 fully saturated rings. The molecule has 0 heterocycles. The number of hydrogen-bond acceptors (Lipinski definition) is 5. The standard InChI is InChI=1S/C40H70NO5Si.ClH/c1-11-12-26-40(6,44)27-17-19-36-35(18-15-13-14-16-20-39(43)45-10)37(42)29-38(36)46-47(31(2)3,32(4)5)28-25-33-21-23-34(24-22-33)30-41(7,8)9;/h17,19,21-24,31-32,35-36,38,44H,11-16,18,20,25-30H2,1-10H3;1H/q+1;/p-1/b19-17+;/t35-,36-,38-,40+;/m1./s1. The second-order valence-electron chi connectivity index (χ2n) is 16.3. The highest BCUT2D eigenvalue weighted by Crippen LogP contribution is 2.44. The van der Waals surface area contributed by atoms with E-state index in [4.69, 9.17) is 9.16 Å². The van der Waals surface area contributed by atoms with Crippen LogP contribution >= 0.6 is 0 Å². The molecule has 0 radical (unpaired) electrons. The third-order valence-electron chi connectivity index (χ3n) is 10.4. The number of benzene rings is 1. The number of quaternary nitrogens is 1. The summed E-state index contributed by atoms with van der Waals surface area (Å²) < 4.78 is 13.1. The van der Waals surface area contributed by atoms with E-state index in [1.54, 1.807) is 0 Å². The third-order valence-corrected chi connectivity index (χ3v) is 16.1. The average Bonchev–Trinajstić information content (AvgIpc) is 3.28. The number of aryl methyl sites for hydroxylation is 1. The van der Waals surface area contributed by atoms with Gasteiger partial charge in [-0.1, -0.05) is 103 Å². The fourth-order valence-electron chi connectivity index (χ4n) is 7.47. The second-order valence-corrected chi connectivity index (χ2v) is 21.3. The van der Waals surface area contributed by atoms with Crippen LogP contribution in [0.2, 0.25) is 17.1 Å². The van der Waals surface area contributed by atoms with Gasteiger partial charge in [-0.05, 0) is 61.7 Å². The lowest BCUT2D eigenvalue weighted by molar-refractivity contribution is -0.884. The van der Waals surface area contributed by atoms with Gasteiger partial charge in [-0.25, -0.2) is 0 Å². The van der Waals surface area contributed by atoms with E-state index >= 15 is 0 Å². The normalized spacial score (nSPS) is 20.0. The number of nitrogens with zero attached hydrogens (tertiary/aromatic N) is 1. The van der Waals surface area contributed by atoms with Crippen LogP contribution in [0.25, 0.3) is 0 Å². The van der Waals surface area contributed by atoms with Crippen LogP contribution in [0.3, 0.4) is 0 Å². The van der Waals surface area contributed by atoms with Crippen molar-refractivity contribution in [3.8, 4) is 0 Å². The zero-order valence-corrected chi connectivity index (χ0v) is 33.9. The molecule has 8 heteroatoms. The first-order valence-corrected chi connectivity index (χ1v) is 20.8. The van der Waals surface area contributed by atoms with E-state index in [1.807, 2.05) is 6.92 Å². The SMILES string of the molecule is CCCC[C@](C)(O)C/C=C/[C@H]1[C@H](O[Si](CCc2ccc(C[N+](C)(C)C)cc2)(C(C)C)C(C)C)CC(=O)[C@@H]1CCCCCCC(=O)OC.[Cl-]. The summed E-state index contributed by atoms with van der Waals surface area (Å²) in [5, 5.41) is 11.0. The molecule has 1 aromatic carbocycles. The Morgan fingerprint density at radius 3 is 2.19 bits per heavy atom. The molecule has 0 aliphatic heterocycles. The van der Waals surface area contributed by atoms with Gasteiger partial charge in [0.05, 0.1) is 40.0 Å². The van der Waals surface area contributed by atoms with Gasteiger partial charge in [-0.3, -0.25) is 9.59 Å². The number of esters is 1. The molecule has 0 unspecified atom stereocenters. The minimum atomic E-state index is -2.29. The summed E-state index contributed by atoms with van der Waals surface area (Å²) in [6.07, 6.45) is 14.2. The monoisotopic (exact) mass is 707 g/mol. The number of ketones is 1. The lowest BCUT2D eigenvalue weighted by Crippen LogP contribution is -3.00. The molecule has 276 valence electrons. The number of ether oxygens (including phenoxy) is 1. The van der Waals surface area contributed by atoms with Crippen LogP contribution in [0.15, 0.2) is 36.4 Å². The molecule has 2 rings (SSSR count). The highest BCUT2D eigenvalue weighted by molar-refractivity contribution is 6.76. The molecule has 0 aromatic heterocycles. The zero-order chi connectivity index (χ0) is 35.3. The summed E-state index contributed by atoms with van der Waals surface area (Å²) in [6.45, 7) is 14.4. The summed E-state index contributed by atoms with van der Waals surface area (Å²) in [6, 6.07) is 10.2.